The predicted octanol–water partition coefficient (Wildman–Crippen LogP) is 0.961. The lowest BCUT2D eigenvalue weighted by molar-refractivity contribution is -0.127. The molecule has 2 saturated heterocycles. The van der Waals surface area contributed by atoms with Crippen molar-refractivity contribution in [1.82, 2.24) is 15.5 Å². The number of rotatable bonds is 6. The van der Waals surface area contributed by atoms with E-state index in [1.807, 2.05) is 35.4 Å². The molecule has 2 aliphatic rings. The molecule has 2 N–H and O–H groups in total. The second-order valence-electron chi connectivity index (χ2n) is 6.15. The molecule has 0 aliphatic carbocycles. The highest BCUT2D eigenvalue weighted by Gasteiger charge is 2.34. The summed E-state index contributed by atoms with van der Waals surface area (Å²) in [6.07, 6.45) is 2.82. The van der Waals surface area contributed by atoms with Gasteiger partial charge in [0.15, 0.2) is 5.11 Å². The summed E-state index contributed by atoms with van der Waals surface area (Å²) in [4.78, 5) is 27.7. The Balaban J connectivity index is 1.62. The number of amides is 2. The first-order chi connectivity index (χ1) is 12.1. The van der Waals surface area contributed by atoms with E-state index in [4.69, 9.17) is 12.2 Å². The number of hydrogen-bond acceptors (Lipinski definition) is 5. The van der Waals surface area contributed by atoms with Crippen LogP contribution >= 0.6 is 24.0 Å². The molecular formula is C17H22N4O2S2. The summed E-state index contributed by atoms with van der Waals surface area (Å²) in [5.41, 5.74) is 2.04. The molecule has 1 atom stereocenters. The molecule has 1 aromatic rings. The first-order valence-corrected chi connectivity index (χ1v) is 10.1. The fourth-order valence-electron chi connectivity index (χ4n) is 3.01. The Hall–Kier alpha value is -1.80. The molecule has 134 valence electrons. The summed E-state index contributed by atoms with van der Waals surface area (Å²) < 4.78 is 0. The van der Waals surface area contributed by atoms with Crippen molar-refractivity contribution in [3.05, 3.63) is 29.8 Å². The Morgan fingerprint density at radius 2 is 2.04 bits per heavy atom. The van der Waals surface area contributed by atoms with E-state index in [1.54, 1.807) is 16.7 Å². The van der Waals surface area contributed by atoms with Gasteiger partial charge < -0.3 is 15.5 Å². The lowest BCUT2D eigenvalue weighted by Crippen LogP contribution is -2.47. The zero-order chi connectivity index (χ0) is 17.8. The summed E-state index contributed by atoms with van der Waals surface area (Å²) >= 11 is 7.04. The summed E-state index contributed by atoms with van der Waals surface area (Å²) in [6.45, 7) is 2.33. The maximum atomic E-state index is 12.5. The van der Waals surface area contributed by atoms with E-state index < -0.39 is 0 Å². The number of anilines is 1. The van der Waals surface area contributed by atoms with Crippen LogP contribution in [-0.4, -0.2) is 59.5 Å². The highest BCUT2D eigenvalue weighted by Crippen LogP contribution is 2.19. The number of benzene rings is 1. The van der Waals surface area contributed by atoms with Crippen LogP contribution in [-0.2, 0) is 16.1 Å². The minimum absolute atomic E-state index is 0.0469. The Morgan fingerprint density at radius 1 is 1.28 bits per heavy atom. The van der Waals surface area contributed by atoms with Crippen molar-refractivity contribution < 1.29 is 9.59 Å². The van der Waals surface area contributed by atoms with Crippen LogP contribution in [0.4, 0.5) is 5.69 Å². The zero-order valence-electron chi connectivity index (χ0n) is 14.2. The second kappa shape index (κ2) is 8.05. The monoisotopic (exact) mass is 378 g/mol. The second-order valence-corrected chi connectivity index (χ2v) is 7.52. The highest BCUT2D eigenvalue weighted by atomic mass is 32.2. The first kappa shape index (κ1) is 18.0. The lowest BCUT2D eigenvalue weighted by Gasteiger charge is -2.28. The molecule has 0 saturated carbocycles. The van der Waals surface area contributed by atoms with E-state index in [0.717, 1.165) is 30.0 Å². The maximum Gasteiger partial charge on any atom is 0.251 e. The Morgan fingerprint density at radius 3 is 2.72 bits per heavy atom. The fourth-order valence-corrected chi connectivity index (χ4v) is 3.78. The fraction of sp³-hybridized carbons (Fsp3) is 0.471. The van der Waals surface area contributed by atoms with Crippen LogP contribution < -0.4 is 15.5 Å². The lowest BCUT2D eigenvalue weighted by atomic mass is 10.1. The van der Waals surface area contributed by atoms with Gasteiger partial charge in [0.25, 0.3) is 5.91 Å². The van der Waals surface area contributed by atoms with E-state index >= 15 is 0 Å². The number of nitrogens with one attached hydrogen (secondary N) is 2. The number of piperazine rings is 1. The van der Waals surface area contributed by atoms with Gasteiger partial charge in [0, 0.05) is 18.8 Å². The third-order valence-corrected chi connectivity index (χ3v) is 5.38. The van der Waals surface area contributed by atoms with E-state index in [2.05, 4.69) is 10.6 Å². The minimum Gasteiger partial charge on any atom is -0.360 e. The summed E-state index contributed by atoms with van der Waals surface area (Å²) in [6, 6.07) is 7.78. The molecule has 8 heteroatoms. The van der Waals surface area contributed by atoms with Gasteiger partial charge in [-0.15, -0.1) is 0 Å². The molecule has 0 unspecified atom stereocenters. The predicted molar refractivity (Wildman–Crippen MR) is 105 cm³/mol. The van der Waals surface area contributed by atoms with Crippen LogP contribution in [0.1, 0.15) is 12.0 Å². The van der Waals surface area contributed by atoms with Crippen LogP contribution in [0, 0.1) is 0 Å². The van der Waals surface area contributed by atoms with Gasteiger partial charge in [0.05, 0.1) is 13.1 Å². The first-order valence-electron chi connectivity index (χ1n) is 8.30. The average Bonchev–Trinajstić information content (AvgIpc) is 2.88. The highest BCUT2D eigenvalue weighted by molar-refractivity contribution is 7.98. The third kappa shape index (κ3) is 4.24. The molecule has 6 nitrogen and oxygen atoms in total. The van der Waals surface area contributed by atoms with Crippen LogP contribution in [0.25, 0.3) is 0 Å². The standard InChI is InChI=1S/C17H22N4O2S2/c1-25-9-6-14-16(23)21(17(24)19-14)10-12-2-4-13(5-3-12)20-8-7-18-15(22)11-20/h2-5,14H,6-11H2,1H3,(H,18,22)(H,19,24)/t14-/m1/s1. The van der Waals surface area contributed by atoms with Crippen molar-refractivity contribution >= 4 is 46.6 Å². The summed E-state index contributed by atoms with van der Waals surface area (Å²) in [5.74, 6) is 1.03. The molecule has 0 spiro atoms. The van der Waals surface area contributed by atoms with E-state index in [9.17, 15) is 9.59 Å². The number of nitrogens with zero attached hydrogens (tertiary/aromatic N) is 2. The molecule has 2 aliphatic heterocycles. The van der Waals surface area contributed by atoms with Gasteiger partial charge >= 0.3 is 0 Å². The number of carbonyl (C=O) groups is 2. The van der Waals surface area contributed by atoms with Crippen molar-refractivity contribution in [3.63, 3.8) is 0 Å². The summed E-state index contributed by atoms with van der Waals surface area (Å²) in [7, 11) is 0. The van der Waals surface area contributed by atoms with Crippen molar-refractivity contribution in [3.8, 4) is 0 Å². The Bertz CT molecular complexity index is 665. The van der Waals surface area contributed by atoms with E-state index in [-0.39, 0.29) is 17.9 Å². The van der Waals surface area contributed by atoms with Gasteiger partial charge in [0.2, 0.25) is 5.91 Å². The smallest absolute Gasteiger partial charge is 0.251 e. The van der Waals surface area contributed by atoms with Gasteiger partial charge in [0.1, 0.15) is 6.04 Å². The van der Waals surface area contributed by atoms with E-state index in [1.165, 1.54) is 0 Å². The van der Waals surface area contributed by atoms with Crippen LogP contribution in [0.3, 0.4) is 0 Å². The van der Waals surface area contributed by atoms with Crippen molar-refractivity contribution in [2.75, 3.05) is 36.5 Å². The SMILES string of the molecule is CSCC[C@H]1NC(=S)N(Cc2ccc(N3CCNC(=O)C3)cc2)C1=O. The molecule has 0 radical (unpaired) electrons. The average molecular weight is 379 g/mol. The molecule has 0 bridgehead atoms. The van der Waals surface area contributed by atoms with Crippen molar-refractivity contribution in [1.29, 1.82) is 0 Å². The number of thioether (sulfide) groups is 1. The molecular weight excluding hydrogens is 356 g/mol. The van der Waals surface area contributed by atoms with Gasteiger partial charge in [-0.3, -0.25) is 14.5 Å². The Labute approximate surface area is 157 Å². The maximum absolute atomic E-state index is 12.5. The van der Waals surface area contributed by atoms with Gasteiger partial charge in [-0.25, -0.2) is 0 Å². The molecule has 0 aromatic heterocycles. The number of carbonyl (C=O) groups excluding carboxylic acids is 2. The van der Waals surface area contributed by atoms with Gasteiger partial charge in [-0.1, -0.05) is 12.1 Å². The van der Waals surface area contributed by atoms with Crippen LogP contribution in [0.2, 0.25) is 0 Å². The normalized spacial score (nSPS) is 20.7. The topological polar surface area (TPSA) is 64.7 Å². The minimum atomic E-state index is -0.203. The Kier molecular flexibility index (Phi) is 5.80. The summed E-state index contributed by atoms with van der Waals surface area (Å²) in [5, 5.41) is 6.45. The van der Waals surface area contributed by atoms with Gasteiger partial charge in [-0.05, 0) is 48.3 Å². The molecule has 2 fully saturated rings. The number of hydrogen-bond donors (Lipinski definition) is 2. The zero-order valence-corrected chi connectivity index (χ0v) is 15.8. The van der Waals surface area contributed by atoms with E-state index in [0.29, 0.717) is 24.7 Å². The van der Waals surface area contributed by atoms with Crippen molar-refractivity contribution in [2.45, 2.75) is 19.0 Å². The largest absolute Gasteiger partial charge is 0.360 e. The molecule has 2 amide bonds. The molecule has 2 heterocycles. The quantitative estimate of drug-likeness (QED) is 0.719. The molecule has 3 rings (SSSR count). The van der Waals surface area contributed by atoms with Crippen LogP contribution in [0.5, 0.6) is 0 Å². The van der Waals surface area contributed by atoms with Crippen molar-refractivity contribution in [2.24, 2.45) is 0 Å². The number of thiocarbonyl (C=S) groups is 1. The molecule has 1 aromatic carbocycles. The van der Waals surface area contributed by atoms with Gasteiger partial charge in [-0.2, -0.15) is 11.8 Å². The van der Waals surface area contributed by atoms with Crippen LogP contribution in [0.15, 0.2) is 24.3 Å². The molecule has 25 heavy (non-hydrogen) atoms. The third-order valence-electron chi connectivity index (χ3n) is 4.40.